The van der Waals surface area contributed by atoms with E-state index in [1.54, 1.807) is 0 Å². The molecule has 0 aliphatic heterocycles. The second kappa shape index (κ2) is 9.15. The standard InChI is InChI=1S/C32H34O/c1-4-5-13-25-18-19-27(24-14-8-6-9-15-24)31-28(25)22-26-16-12-17-29(30(26)31)32(33-23(2)3)20-10-7-11-21-32/h6-12,14-20,23H,4-5,13,21-22H2,1-3H3. The molecule has 1 unspecified atom stereocenters. The summed E-state index contributed by atoms with van der Waals surface area (Å²) in [6.45, 7) is 6.56. The highest BCUT2D eigenvalue weighted by atomic mass is 16.5. The number of fused-ring (bicyclic) bond motifs is 3. The van der Waals surface area contributed by atoms with Crippen LogP contribution in [0.4, 0.5) is 0 Å². The molecular formula is C32H34O. The molecule has 5 rings (SSSR count). The quantitative estimate of drug-likeness (QED) is 0.284. The minimum atomic E-state index is -0.427. The maximum atomic E-state index is 6.71. The molecule has 0 saturated heterocycles. The van der Waals surface area contributed by atoms with Gasteiger partial charge in [-0.15, -0.1) is 0 Å². The van der Waals surface area contributed by atoms with Gasteiger partial charge in [0.15, 0.2) is 0 Å². The molecule has 0 bridgehead atoms. The van der Waals surface area contributed by atoms with E-state index in [0.29, 0.717) is 0 Å². The Balaban J connectivity index is 1.76. The van der Waals surface area contributed by atoms with Crippen LogP contribution in [0.25, 0.3) is 22.3 Å². The van der Waals surface area contributed by atoms with Crippen molar-refractivity contribution in [3.05, 3.63) is 107 Å². The minimum Gasteiger partial charge on any atom is -0.363 e. The van der Waals surface area contributed by atoms with Gasteiger partial charge in [0.1, 0.15) is 5.60 Å². The van der Waals surface area contributed by atoms with Crippen molar-refractivity contribution in [2.75, 3.05) is 0 Å². The summed E-state index contributed by atoms with van der Waals surface area (Å²) in [5, 5.41) is 0. The molecule has 1 heteroatoms. The largest absolute Gasteiger partial charge is 0.363 e. The van der Waals surface area contributed by atoms with Gasteiger partial charge in [0, 0.05) is 6.42 Å². The zero-order chi connectivity index (χ0) is 22.8. The van der Waals surface area contributed by atoms with Crippen molar-refractivity contribution < 1.29 is 4.74 Å². The Morgan fingerprint density at radius 1 is 0.909 bits per heavy atom. The van der Waals surface area contributed by atoms with E-state index in [4.69, 9.17) is 4.74 Å². The highest BCUT2D eigenvalue weighted by Crippen LogP contribution is 2.50. The van der Waals surface area contributed by atoms with Gasteiger partial charge < -0.3 is 4.74 Å². The highest BCUT2D eigenvalue weighted by molar-refractivity contribution is 5.93. The lowest BCUT2D eigenvalue weighted by Crippen LogP contribution is -2.31. The van der Waals surface area contributed by atoms with E-state index < -0.39 is 5.60 Å². The Bertz CT molecular complexity index is 1200. The zero-order valence-electron chi connectivity index (χ0n) is 20.1. The molecule has 0 heterocycles. The minimum absolute atomic E-state index is 0.141. The average Bonchev–Trinajstić information content (AvgIpc) is 3.23. The van der Waals surface area contributed by atoms with Gasteiger partial charge in [0.25, 0.3) is 0 Å². The van der Waals surface area contributed by atoms with Crippen LogP contribution in [0.1, 0.15) is 62.3 Å². The molecule has 0 spiro atoms. The first kappa shape index (κ1) is 21.9. The molecule has 1 atom stereocenters. The number of rotatable bonds is 7. The molecular weight excluding hydrogens is 400 g/mol. The Labute approximate surface area is 198 Å². The fraction of sp³-hybridized carbons (Fsp3) is 0.312. The summed E-state index contributed by atoms with van der Waals surface area (Å²) in [5.41, 5.74) is 10.8. The third kappa shape index (κ3) is 4.00. The lowest BCUT2D eigenvalue weighted by atomic mass is 9.80. The Morgan fingerprint density at radius 3 is 2.48 bits per heavy atom. The third-order valence-corrected chi connectivity index (χ3v) is 7.00. The van der Waals surface area contributed by atoms with E-state index in [1.165, 1.54) is 57.3 Å². The predicted octanol–water partition coefficient (Wildman–Crippen LogP) is 8.40. The van der Waals surface area contributed by atoms with Crippen LogP contribution in [0.2, 0.25) is 0 Å². The van der Waals surface area contributed by atoms with Gasteiger partial charge in [-0.3, -0.25) is 0 Å². The third-order valence-electron chi connectivity index (χ3n) is 7.00. The number of ether oxygens (including phenoxy) is 1. The molecule has 2 aliphatic carbocycles. The maximum absolute atomic E-state index is 6.71. The van der Waals surface area contributed by atoms with Crippen LogP contribution < -0.4 is 0 Å². The number of benzene rings is 3. The summed E-state index contributed by atoms with van der Waals surface area (Å²) < 4.78 is 6.71. The molecule has 33 heavy (non-hydrogen) atoms. The van der Waals surface area contributed by atoms with Gasteiger partial charge >= 0.3 is 0 Å². The summed E-state index contributed by atoms with van der Waals surface area (Å²) in [7, 11) is 0. The number of allylic oxidation sites excluding steroid dienone is 2. The van der Waals surface area contributed by atoms with Gasteiger partial charge in [-0.25, -0.2) is 0 Å². The van der Waals surface area contributed by atoms with Crippen LogP contribution in [0.3, 0.4) is 0 Å². The first-order valence-electron chi connectivity index (χ1n) is 12.5. The van der Waals surface area contributed by atoms with Crippen molar-refractivity contribution in [2.45, 2.75) is 64.6 Å². The molecule has 168 valence electrons. The second-order valence-corrected chi connectivity index (χ2v) is 9.66. The van der Waals surface area contributed by atoms with Crippen LogP contribution >= 0.6 is 0 Å². The van der Waals surface area contributed by atoms with Crippen molar-refractivity contribution >= 4 is 0 Å². The Hall–Kier alpha value is -2.90. The lowest BCUT2D eigenvalue weighted by molar-refractivity contribution is -0.0501. The van der Waals surface area contributed by atoms with Gasteiger partial charge in [-0.2, -0.15) is 0 Å². The number of unbranched alkanes of at least 4 members (excludes halogenated alkanes) is 1. The van der Waals surface area contributed by atoms with Crippen LogP contribution in [-0.2, 0) is 23.2 Å². The maximum Gasteiger partial charge on any atom is 0.116 e. The average molecular weight is 435 g/mol. The van der Waals surface area contributed by atoms with E-state index in [1.807, 2.05) is 0 Å². The van der Waals surface area contributed by atoms with E-state index in [9.17, 15) is 0 Å². The summed E-state index contributed by atoms with van der Waals surface area (Å²) in [5.74, 6) is 0. The normalized spacial score (nSPS) is 18.5. The van der Waals surface area contributed by atoms with E-state index >= 15 is 0 Å². The zero-order valence-corrected chi connectivity index (χ0v) is 20.1. The molecule has 0 N–H and O–H groups in total. The van der Waals surface area contributed by atoms with Gasteiger partial charge in [0.05, 0.1) is 6.10 Å². The second-order valence-electron chi connectivity index (χ2n) is 9.66. The molecule has 0 amide bonds. The fourth-order valence-corrected chi connectivity index (χ4v) is 5.60. The molecule has 3 aromatic carbocycles. The van der Waals surface area contributed by atoms with Gasteiger partial charge in [0.2, 0.25) is 0 Å². The molecule has 0 aromatic heterocycles. The van der Waals surface area contributed by atoms with Crippen molar-refractivity contribution in [1.82, 2.24) is 0 Å². The van der Waals surface area contributed by atoms with Gasteiger partial charge in [-0.05, 0) is 83.7 Å². The molecule has 2 aliphatic rings. The molecule has 0 saturated carbocycles. The number of hydrogen-bond acceptors (Lipinski definition) is 1. The summed E-state index contributed by atoms with van der Waals surface area (Å²) in [6.07, 6.45) is 14.4. The summed E-state index contributed by atoms with van der Waals surface area (Å²) in [6, 6.07) is 22.5. The van der Waals surface area contributed by atoms with Crippen molar-refractivity contribution in [1.29, 1.82) is 0 Å². The van der Waals surface area contributed by atoms with E-state index in [0.717, 1.165) is 19.3 Å². The molecule has 0 fully saturated rings. The SMILES string of the molecule is CCCCc1ccc(-c2ccccc2)c2c1Cc1cccc(C3(OC(C)C)C=CC=CC3)c1-2. The van der Waals surface area contributed by atoms with Crippen LogP contribution in [-0.4, -0.2) is 6.10 Å². The fourth-order valence-electron chi connectivity index (χ4n) is 5.60. The Morgan fingerprint density at radius 2 is 1.76 bits per heavy atom. The predicted molar refractivity (Wildman–Crippen MR) is 140 cm³/mol. The Kier molecular flexibility index (Phi) is 6.08. The monoisotopic (exact) mass is 434 g/mol. The van der Waals surface area contributed by atoms with Crippen molar-refractivity contribution in [3.63, 3.8) is 0 Å². The smallest absolute Gasteiger partial charge is 0.116 e. The topological polar surface area (TPSA) is 9.23 Å². The van der Waals surface area contributed by atoms with Crippen LogP contribution in [0.5, 0.6) is 0 Å². The van der Waals surface area contributed by atoms with Crippen molar-refractivity contribution in [3.8, 4) is 22.3 Å². The molecule has 0 radical (unpaired) electrons. The number of hydrogen-bond donors (Lipinski definition) is 0. The highest BCUT2D eigenvalue weighted by Gasteiger charge is 2.37. The van der Waals surface area contributed by atoms with Crippen LogP contribution in [0, 0.1) is 0 Å². The van der Waals surface area contributed by atoms with Crippen molar-refractivity contribution in [2.24, 2.45) is 0 Å². The van der Waals surface area contributed by atoms with E-state index in [2.05, 4.69) is 106 Å². The van der Waals surface area contributed by atoms with Crippen LogP contribution in [0.15, 0.2) is 85.0 Å². The van der Waals surface area contributed by atoms with E-state index in [-0.39, 0.29) is 6.10 Å². The first-order valence-corrected chi connectivity index (χ1v) is 12.5. The number of aryl methyl sites for hydroxylation is 1. The molecule has 3 aromatic rings. The lowest BCUT2D eigenvalue weighted by Gasteiger charge is -2.36. The summed E-state index contributed by atoms with van der Waals surface area (Å²) >= 11 is 0. The van der Waals surface area contributed by atoms with Gasteiger partial charge in [-0.1, -0.05) is 92.2 Å². The molecule has 1 nitrogen and oxygen atoms in total. The summed E-state index contributed by atoms with van der Waals surface area (Å²) in [4.78, 5) is 0. The first-order chi connectivity index (χ1) is 16.1.